The van der Waals surface area contributed by atoms with E-state index in [0.717, 1.165) is 12.5 Å². The van der Waals surface area contributed by atoms with Crippen molar-refractivity contribution in [2.45, 2.75) is 25.3 Å². The molecule has 0 radical (unpaired) electrons. The largest absolute Gasteiger partial charge is 0.481 e. The van der Waals surface area contributed by atoms with E-state index >= 15 is 0 Å². The molecule has 1 amide bonds. The molecule has 0 aromatic heterocycles. The Hall–Kier alpha value is -2.11. The van der Waals surface area contributed by atoms with Crippen LogP contribution in [0.1, 0.15) is 29.6 Å². The number of rotatable bonds is 3. The summed E-state index contributed by atoms with van der Waals surface area (Å²) in [7, 11) is 0. The van der Waals surface area contributed by atoms with E-state index in [1.807, 2.05) is 0 Å². The number of nitrogens with two attached hydrogens (primary N) is 1. The van der Waals surface area contributed by atoms with E-state index in [4.69, 9.17) is 10.8 Å². The number of carbonyl (C=O) groups excluding carboxylic acids is 1. The highest BCUT2D eigenvalue weighted by atomic mass is 19.1. The third kappa shape index (κ3) is 2.83. The summed E-state index contributed by atoms with van der Waals surface area (Å²) in [5.74, 6) is -2.10. The molecule has 2 rings (SSSR count). The van der Waals surface area contributed by atoms with Crippen LogP contribution in [0.4, 0.5) is 10.1 Å². The van der Waals surface area contributed by atoms with Gasteiger partial charge in [-0.2, -0.15) is 0 Å². The maximum absolute atomic E-state index is 13.7. The molecule has 0 aliphatic carbocycles. The third-order valence-electron chi connectivity index (χ3n) is 3.27. The average Bonchev–Trinajstić information content (AvgIpc) is 2.75. The summed E-state index contributed by atoms with van der Waals surface area (Å²) in [6.45, 7) is 0.459. The van der Waals surface area contributed by atoms with Crippen LogP contribution in [0.5, 0.6) is 0 Å². The molecule has 19 heavy (non-hydrogen) atoms. The number of carboxylic acids is 1. The number of benzene rings is 1. The van der Waals surface area contributed by atoms with Gasteiger partial charge >= 0.3 is 5.97 Å². The first-order valence-corrected chi connectivity index (χ1v) is 6.07. The fourth-order valence-electron chi connectivity index (χ4n) is 2.38. The smallest absolute Gasteiger partial charge is 0.305 e. The van der Waals surface area contributed by atoms with Crippen LogP contribution in [0.2, 0.25) is 0 Å². The van der Waals surface area contributed by atoms with Gasteiger partial charge in [-0.1, -0.05) is 0 Å². The van der Waals surface area contributed by atoms with Crippen LogP contribution in [0.15, 0.2) is 18.2 Å². The van der Waals surface area contributed by atoms with Gasteiger partial charge in [-0.25, -0.2) is 4.39 Å². The summed E-state index contributed by atoms with van der Waals surface area (Å²) >= 11 is 0. The highest BCUT2D eigenvalue weighted by Gasteiger charge is 2.31. The fraction of sp³-hybridized carbons (Fsp3) is 0.385. The molecule has 1 aliphatic heterocycles. The Morgan fingerprint density at radius 2 is 2.21 bits per heavy atom. The number of halogens is 1. The van der Waals surface area contributed by atoms with E-state index in [0.29, 0.717) is 13.0 Å². The summed E-state index contributed by atoms with van der Waals surface area (Å²) in [4.78, 5) is 24.4. The van der Waals surface area contributed by atoms with Gasteiger partial charge in [-0.05, 0) is 31.0 Å². The van der Waals surface area contributed by atoms with Gasteiger partial charge in [0.05, 0.1) is 12.0 Å². The summed E-state index contributed by atoms with van der Waals surface area (Å²) in [5, 5.41) is 8.81. The normalized spacial score (nSPS) is 18.6. The summed E-state index contributed by atoms with van der Waals surface area (Å²) in [5.41, 5.74) is 5.62. The highest BCUT2D eigenvalue weighted by molar-refractivity contribution is 5.95. The van der Waals surface area contributed by atoms with E-state index in [9.17, 15) is 14.0 Å². The molecule has 1 aromatic carbocycles. The number of carboxylic acid groups (broad SMARTS) is 1. The molecule has 1 atom stereocenters. The summed E-state index contributed by atoms with van der Waals surface area (Å²) < 4.78 is 13.7. The Morgan fingerprint density at radius 1 is 1.47 bits per heavy atom. The van der Waals surface area contributed by atoms with Crippen molar-refractivity contribution in [3.05, 3.63) is 29.6 Å². The molecule has 5 nitrogen and oxygen atoms in total. The summed E-state index contributed by atoms with van der Waals surface area (Å²) in [6.07, 6.45) is 1.26. The van der Waals surface area contributed by atoms with Crippen LogP contribution in [-0.4, -0.2) is 34.5 Å². The second-order valence-corrected chi connectivity index (χ2v) is 4.63. The van der Waals surface area contributed by atoms with E-state index in [1.165, 1.54) is 17.0 Å². The Bertz CT molecular complexity index is 519. The van der Waals surface area contributed by atoms with Crippen molar-refractivity contribution in [1.82, 2.24) is 4.90 Å². The molecular weight excluding hydrogens is 251 g/mol. The lowest BCUT2D eigenvalue weighted by atomic mass is 10.1. The highest BCUT2D eigenvalue weighted by Crippen LogP contribution is 2.24. The molecule has 102 valence electrons. The van der Waals surface area contributed by atoms with Gasteiger partial charge in [0.1, 0.15) is 5.82 Å². The van der Waals surface area contributed by atoms with Gasteiger partial charge < -0.3 is 15.7 Å². The van der Waals surface area contributed by atoms with E-state index in [2.05, 4.69) is 0 Å². The lowest BCUT2D eigenvalue weighted by Gasteiger charge is -2.23. The number of anilines is 1. The molecule has 0 spiro atoms. The van der Waals surface area contributed by atoms with Crippen molar-refractivity contribution >= 4 is 17.6 Å². The quantitative estimate of drug-likeness (QED) is 0.812. The maximum atomic E-state index is 13.7. The molecule has 0 saturated carbocycles. The number of amides is 1. The van der Waals surface area contributed by atoms with Crippen LogP contribution >= 0.6 is 0 Å². The minimum absolute atomic E-state index is 0.0634. The monoisotopic (exact) mass is 266 g/mol. The minimum atomic E-state index is -0.956. The second kappa shape index (κ2) is 5.26. The zero-order chi connectivity index (χ0) is 14.0. The first-order chi connectivity index (χ1) is 8.99. The molecule has 1 fully saturated rings. The van der Waals surface area contributed by atoms with Crippen molar-refractivity contribution in [2.75, 3.05) is 12.3 Å². The molecule has 1 unspecified atom stereocenters. The van der Waals surface area contributed by atoms with Gasteiger partial charge in [0.15, 0.2) is 0 Å². The van der Waals surface area contributed by atoms with Crippen LogP contribution in [0.3, 0.4) is 0 Å². The number of hydrogen-bond donors (Lipinski definition) is 2. The van der Waals surface area contributed by atoms with Crippen LogP contribution in [0.25, 0.3) is 0 Å². The number of nitrogens with zero attached hydrogens (tertiary/aromatic N) is 1. The van der Waals surface area contributed by atoms with E-state index < -0.39 is 17.7 Å². The Morgan fingerprint density at radius 3 is 2.84 bits per heavy atom. The lowest BCUT2D eigenvalue weighted by Crippen LogP contribution is -2.37. The van der Waals surface area contributed by atoms with Gasteiger partial charge in [0, 0.05) is 18.3 Å². The van der Waals surface area contributed by atoms with E-state index in [-0.39, 0.29) is 23.7 Å². The minimum Gasteiger partial charge on any atom is -0.481 e. The zero-order valence-electron chi connectivity index (χ0n) is 10.3. The standard InChI is InChI=1S/C13H15FN2O3/c14-11-6-8(15)3-4-10(11)13(19)16-5-1-2-9(16)7-12(17)18/h3-4,6,9H,1-2,5,7,15H2,(H,17,18). The maximum Gasteiger partial charge on any atom is 0.305 e. The number of nitrogen functional groups attached to an aromatic ring is 1. The Kier molecular flexibility index (Phi) is 3.69. The van der Waals surface area contributed by atoms with Crippen molar-refractivity contribution in [3.63, 3.8) is 0 Å². The Balaban J connectivity index is 2.20. The van der Waals surface area contributed by atoms with Gasteiger partial charge in [0.2, 0.25) is 0 Å². The number of carbonyl (C=O) groups is 2. The third-order valence-corrected chi connectivity index (χ3v) is 3.27. The molecule has 6 heteroatoms. The first kappa shape index (κ1) is 13.3. The topological polar surface area (TPSA) is 83.6 Å². The van der Waals surface area contributed by atoms with Crippen LogP contribution in [-0.2, 0) is 4.79 Å². The predicted molar refractivity (Wildman–Crippen MR) is 67.1 cm³/mol. The molecule has 0 bridgehead atoms. The SMILES string of the molecule is Nc1ccc(C(=O)N2CCCC2CC(=O)O)c(F)c1. The van der Waals surface area contributed by atoms with Gasteiger partial charge in [-0.15, -0.1) is 0 Å². The Labute approximate surface area is 109 Å². The van der Waals surface area contributed by atoms with Crippen molar-refractivity contribution in [1.29, 1.82) is 0 Å². The molecule has 1 heterocycles. The number of hydrogen-bond acceptors (Lipinski definition) is 3. The van der Waals surface area contributed by atoms with Gasteiger partial charge in [-0.3, -0.25) is 9.59 Å². The summed E-state index contributed by atoms with van der Waals surface area (Å²) in [6, 6.07) is 3.53. The predicted octanol–water partition coefficient (Wildman–Crippen LogP) is 1.49. The zero-order valence-corrected chi connectivity index (χ0v) is 10.3. The molecular formula is C13H15FN2O3. The molecule has 1 aliphatic rings. The lowest BCUT2D eigenvalue weighted by molar-refractivity contribution is -0.137. The van der Waals surface area contributed by atoms with Gasteiger partial charge in [0.25, 0.3) is 5.91 Å². The fourth-order valence-corrected chi connectivity index (χ4v) is 2.38. The first-order valence-electron chi connectivity index (χ1n) is 6.07. The molecule has 3 N–H and O–H groups in total. The second-order valence-electron chi connectivity index (χ2n) is 4.63. The van der Waals surface area contributed by atoms with E-state index in [1.54, 1.807) is 0 Å². The average molecular weight is 266 g/mol. The number of likely N-dealkylation sites (tertiary alicyclic amines) is 1. The van der Waals surface area contributed by atoms with Crippen molar-refractivity contribution in [3.8, 4) is 0 Å². The molecule has 1 aromatic rings. The van der Waals surface area contributed by atoms with Crippen LogP contribution in [0, 0.1) is 5.82 Å². The molecule has 1 saturated heterocycles. The van der Waals surface area contributed by atoms with Crippen molar-refractivity contribution in [2.24, 2.45) is 0 Å². The van der Waals surface area contributed by atoms with Crippen LogP contribution < -0.4 is 5.73 Å². The number of aliphatic carboxylic acids is 1. The van der Waals surface area contributed by atoms with Crippen molar-refractivity contribution < 1.29 is 19.1 Å².